The molecule has 3 aliphatic rings. The van der Waals surface area contributed by atoms with Gasteiger partial charge in [-0.3, -0.25) is 4.90 Å². The van der Waals surface area contributed by atoms with Crippen molar-refractivity contribution in [1.29, 1.82) is 0 Å². The second kappa shape index (κ2) is 4.96. The van der Waals surface area contributed by atoms with Gasteiger partial charge in [-0.05, 0) is 39.5 Å². The van der Waals surface area contributed by atoms with Gasteiger partial charge in [-0.2, -0.15) is 0 Å². The van der Waals surface area contributed by atoms with E-state index in [-0.39, 0.29) is 11.0 Å². The first kappa shape index (κ1) is 14.8. The number of nitrogens with zero attached hydrogens (tertiary/aromatic N) is 1. The number of rotatable bonds is 2. The van der Waals surface area contributed by atoms with Crippen LogP contribution in [0.4, 0.5) is 0 Å². The average Bonchev–Trinajstić information content (AvgIpc) is 2.43. The van der Waals surface area contributed by atoms with E-state index in [0.717, 1.165) is 13.2 Å². The summed E-state index contributed by atoms with van der Waals surface area (Å²) in [6, 6.07) is 1.36. The number of fused-ring (bicyclic) bond motifs is 1. The molecule has 2 N–H and O–H groups in total. The largest absolute Gasteiger partial charge is 0.377 e. The van der Waals surface area contributed by atoms with Crippen LogP contribution in [0.25, 0.3) is 0 Å². The molecule has 3 nitrogen and oxygen atoms in total. The summed E-state index contributed by atoms with van der Waals surface area (Å²) in [6.45, 7) is 11.4. The molecule has 1 aliphatic carbocycles. The normalized spacial score (nSPS) is 48.5. The number of nitrogens with two attached hydrogens (primary N) is 1. The van der Waals surface area contributed by atoms with Crippen LogP contribution in [-0.4, -0.2) is 41.8 Å². The summed E-state index contributed by atoms with van der Waals surface area (Å²) in [6.07, 6.45) is 6.84. The standard InChI is InChI=1S/C17H32N2O/c1-12-7-5-8-13(2)19(12)11-17(18)14-9-6-10-20-15(14)16(17,3)4/h12-15H,5-11,18H2,1-4H3. The lowest BCUT2D eigenvalue weighted by Crippen LogP contribution is -2.81. The van der Waals surface area contributed by atoms with Crippen molar-refractivity contribution in [3.63, 3.8) is 0 Å². The fourth-order valence-corrected chi connectivity index (χ4v) is 5.08. The third kappa shape index (κ3) is 1.97. The molecule has 2 heterocycles. The molecular formula is C17H32N2O. The van der Waals surface area contributed by atoms with Crippen molar-refractivity contribution in [2.24, 2.45) is 17.1 Å². The maximum absolute atomic E-state index is 6.97. The highest BCUT2D eigenvalue weighted by Crippen LogP contribution is 2.57. The Morgan fingerprint density at radius 3 is 2.40 bits per heavy atom. The number of hydrogen-bond acceptors (Lipinski definition) is 3. The highest BCUT2D eigenvalue weighted by molar-refractivity contribution is 5.21. The smallest absolute Gasteiger partial charge is 0.0690 e. The molecule has 0 aromatic carbocycles. The summed E-state index contributed by atoms with van der Waals surface area (Å²) in [5.41, 5.74) is 7.00. The predicted octanol–water partition coefficient (Wildman–Crippen LogP) is 2.78. The van der Waals surface area contributed by atoms with Gasteiger partial charge >= 0.3 is 0 Å². The lowest BCUT2D eigenvalue weighted by molar-refractivity contribution is -0.235. The second-order valence-electron chi connectivity index (χ2n) is 8.10. The molecule has 2 saturated heterocycles. The van der Waals surface area contributed by atoms with E-state index < -0.39 is 0 Å². The molecular weight excluding hydrogens is 248 g/mol. The van der Waals surface area contributed by atoms with Crippen molar-refractivity contribution in [2.45, 2.75) is 83.5 Å². The van der Waals surface area contributed by atoms with Crippen LogP contribution in [0.2, 0.25) is 0 Å². The Morgan fingerprint density at radius 1 is 1.10 bits per heavy atom. The lowest BCUT2D eigenvalue weighted by Gasteiger charge is -2.68. The van der Waals surface area contributed by atoms with Gasteiger partial charge < -0.3 is 10.5 Å². The molecule has 3 fully saturated rings. The van der Waals surface area contributed by atoms with E-state index in [2.05, 4.69) is 32.6 Å². The molecule has 0 amide bonds. The van der Waals surface area contributed by atoms with Gasteiger partial charge in [0.25, 0.3) is 0 Å². The average molecular weight is 280 g/mol. The van der Waals surface area contributed by atoms with Gasteiger partial charge in [0.15, 0.2) is 0 Å². The zero-order valence-corrected chi connectivity index (χ0v) is 13.7. The van der Waals surface area contributed by atoms with E-state index in [1.165, 1.54) is 32.1 Å². The number of hydrogen-bond donors (Lipinski definition) is 1. The Kier molecular flexibility index (Phi) is 3.67. The molecule has 5 atom stereocenters. The fourth-order valence-electron chi connectivity index (χ4n) is 5.08. The van der Waals surface area contributed by atoms with Crippen molar-refractivity contribution in [3.05, 3.63) is 0 Å². The molecule has 0 aromatic heterocycles. The molecule has 3 rings (SSSR count). The SMILES string of the molecule is CC1CCCC(C)N1CC1(N)C2CCCOC2C1(C)C. The molecule has 0 spiro atoms. The van der Waals surface area contributed by atoms with E-state index in [1.807, 2.05) is 0 Å². The molecule has 3 heteroatoms. The Hall–Kier alpha value is -0.120. The third-order valence-electron chi connectivity index (χ3n) is 6.72. The summed E-state index contributed by atoms with van der Waals surface area (Å²) in [5.74, 6) is 0.563. The molecule has 5 unspecified atom stereocenters. The summed E-state index contributed by atoms with van der Waals surface area (Å²) >= 11 is 0. The molecule has 2 aliphatic heterocycles. The van der Waals surface area contributed by atoms with Crippen LogP contribution in [0.3, 0.4) is 0 Å². The zero-order chi connectivity index (χ0) is 14.5. The van der Waals surface area contributed by atoms with E-state index in [4.69, 9.17) is 10.5 Å². The number of piperidine rings is 1. The van der Waals surface area contributed by atoms with Gasteiger partial charge in [0, 0.05) is 42.1 Å². The number of ether oxygens (including phenoxy) is 1. The van der Waals surface area contributed by atoms with Crippen molar-refractivity contribution >= 4 is 0 Å². The Balaban J connectivity index is 1.77. The molecule has 20 heavy (non-hydrogen) atoms. The van der Waals surface area contributed by atoms with Crippen molar-refractivity contribution < 1.29 is 4.74 Å². The summed E-state index contributed by atoms with van der Waals surface area (Å²) < 4.78 is 6.03. The van der Waals surface area contributed by atoms with Crippen LogP contribution in [0.5, 0.6) is 0 Å². The minimum absolute atomic E-state index is 0.0715. The number of likely N-dealkylation sites (tertiary alicyclic amines) is 1. The second-order valence-corrected chi connectivity index (χ2v) is 8.10. The minimum atomic E-state index is -0.0715. The van der Waals surface area contributed by atoms with Crippen LogP contribution in [0, 0.1) is 11.3 Å². The molecule has 0 bridgehead atoms. The van der Waals surface area contributed by atoms with Crippen molar-refractivity contribution in [3.8, 4) is 0 Å². The van der Waals surface area contributed by atoms with Gasteiger partial charge in [-0.1, -0.05) is 20.3 Å². The first-order chi connectivity index (χ1) is 9.38. The first-order valence-corrected chi connectivity index (χ1v) is 8.54. The van der Waals surface area contributed by atoms with Crippen LogP contribution in [-0.2, 0) is 4.74 Å². The summed E-state index contributed by atoms with van der Waals surface area (Å²) in [5, 5.41) is 0. The van der Waals surface area contributed by atoms with Crippen LogP contribution in [0.1, 0.15) is 59.8 Å². The Labute approximate surface area is 124 Å². The maximum atomic E-state index is 6.97. The first-order valence-electron chi connectivity index (χ1n) is 8.54. The fraction of sp³-hybridized carbons (Fsp3) is 1.00. The van der Waals surface area contributed by atoms with E-state index in [1.54, 1.807) is 0 Å². The lowest BCUT2D eigenvalue weighted by atomic mass is 9.46. The van der Waals surface area contributed by atoms with E-state index >= 15 is 0 Å². The summed E-state index contributed by atoms with van der Waals surface area (Å²) in [4.78, 5) is 2.68. The molecule has 116 valence electrons. The van der Waals surface area contributed by atoms with Gasteiger partial charge in [0.05, 0.1) is 6.10 Å². The van der Waals surface area contributed by atoms with E-state index in [0.29, 0.717) is 24.1 Å². The van der Waals surface area contributed by atoms with Crippen molar-refractivity contribution in [2.75, 3.05) is 13.2 Å². The van der Waals surface area contributed by atoms with Crippen molar-refractivity contribution in [1.82, 2.24) is 4.90 Å². The van der Waals surface area contributed by atoms with Crippen LogP contribution < -0.4 is 5.73 Å². The Morgan fingerprint density at radius 2 is 1.75 bits per heavy atom. The molecule has 1 saturated carbocycles. The summed E-state index contributed by atoms with van der Waals surface area (Å²) in [7, 11) is 0. The quantitative estimate of drug-likeness (QED) is 0.845. The molecule has 0 aromatic rings. The zero-order valence-electron chi connectivity index (χ0n) is 13.7. The van der Waals surface area contributed by atoms with Gasteiger partial charge in [-0.25, -0.2) is 0 Å². The van der Waals surface area contributed by atoms with Crippen LogP contribution in [0.15, 0.2) is 0 Å². The van der Waals surface area contributed by atoms with Gasteiger partial charge in [0.2, 0.25) is 0 Å². The Bertz CT molecular complexity index is 360. The van der Waals surface area contributed by atoms with Crippen LogP contribution >= 0.6 is 0 Å². The predicted molar refractivity (Wildman–Crippen MR) is 82.6 cm³/mol. The monoisotopic (exact) mass is 280 g/mol. The highest BCUT2D eigenvalue weighted by Gasteiger charge is 2.66. The minimum Gasteiger partial charge on any atom is -0.377 e. The topological polar surface area (TPSA) is 38.5 Å². The van der Waals surface area contributed by atoms with E-state index in [9.17, 15) is 0 Å². The van der Waals surface area contributed by atoms with Gasteiger partial charge in [-0.15, -0.1) is 0 Å². The highest BCUT2D eigenvalue weighted by atomic mass is 16.5. The molecule has 0 radical (unpaired) electrons. The third-order valence-corrected chi connectivity index (χ3v) is 6.72. The maximum Gasteiger partial charge on any atom is 0.0690 e. The van der Waals surface area contributed by atoms with Gasteiger partial charge in [0.1, 0.15) is 0 Å².